The molecule has 92 valence electrons. The van der Waals surface area contributed by atoms with Gasteiger partial charge >= 0.3 is 0 Å². The fourth-order valence-electron chi connectivity index (χ4n) is 2.05. The van der Waals surface area contributed by atoms with Gasteiger partial charge in [-0.05, 0) is 32.9 Å². The van der Waals surface area contributed by atoms with Crippen LogP contribution in [0.3, 0.4) is 0 Å². The molecule has 1 heterocycles. The summed E-state index contributed by atoms with van der Waals surface area (Å²) in [5.74, 6) is 0. The van der Waals surface area contributed by atoms with Crippen LogP contribution in [0.5, 0.6) is 0 Å². The second kappa shape index (κ2) is 6.06. The molecule has 3 heteroatoms. The Morgan fingerprint density at radius 2 is 2.19 bits per heavy atom. The molecule has 2 atom stereocenters. The van der Waals surface area contributed by atoms with Crippen LogP contribution in [0, 0.1) is 0 Å². The normalized spacial score (nSPS) is 17.0. The van der Waals surface area contributed by atoms with E-state index >= 15 is 0 Å². The van der Waals surface area contributed by atoms with Gasteiger partial charge < -0.3 is 14.5 Å². The summed E-state index contributed by atoms with van der Waals surface area (Å²) in [5.41, 5.74) is 0.967. The summed E-state index contributed by atoms with van der Waals surface area (Å²) in [7, 11) is 0. The van der Waals surface area contributed by atoms with Gasteiger partial charge in [0.25, 0.3) is 0 Å². The maximum Gasteiger partial charge on any atom is 0.0951 e. The lowest BCUT2D eigenvalue weighted by atomic mass is 9.89. The van der Waals surface area contributed by atoms with E-state index in [9.17, 15) is 0 Å². The Morgan fingerprint density at radius 3 is 2.62 bits per heavy atom. The first-order valence-electron chi connectivity index (χ1n) is 6.07. The second-order valence-electron chi connectivity index (χ2n) is 4.15. The van der Waals surface area contributed by atoms with Crippen LogP contribution in [0.2, 0.25) is 0 Å². The van der Waals surface area contributed by atoms with Crippen molar-refractivity contribution in [1.29, 1.82) is 0 Å². The molecule has 2 unspecified atom stereocenters. The molecule has 16 heavy (non-hydrogen) atoms. The Kier molecular flexibility index (Phi) is 5.03. The number of nitrogens with one attached hydrogen (secondary N) is 1. The van der Waals surface area contributed by atoms with Crippen molar-refractivity contribution in [2.45, 2.75) is 45.8 Å². The Morgan fingerprint density at radius 1 is 1.44 bits per heavy atom. The fraction of sp³-hybridized carbons (Fsp3) is 0.692. The predicted octanol–water partition coefficient (Wildman–Crippen LogP) is 3.14. The minimum Gasteiger partial charge on any atom is -0.472 e. The Balaban J connectivity index is 2.90. The molecule has 1 aromatic heterocycles. The largest absolute Gasteiger partial charge is 0.472 e. The Labute approximate surface area is 98.2 Å². The smallest absolute Gasteiger partial charge is 0.0951 e. The molecule has 0 radical (unpaired) electrons. The van der Waals surface area contributed by atoms with Crippen molar-refractivity contribution in [2.24, 2.45) is 0 Å². The van der Waals surface area contributed by atoms with Gasteiger partial charge in [-0.2, -0.15) is 0 Å². The first kappa shape index (κ1) is 13.3. The first-order chi connectivity index (χ1) is 7.68. The van der Waals surface area contributed by atoms with Crippen molar-refractivity contribution in [3.05, 3.63) is 24.2 Å². The third-order valence-corrected chi connectivity index (χ3v) is 3.07. The SMILES string of the molecule is CCNC(c1ccoc1)C(C)(CC)OCC. The lowest BCUT2D eigenvalue weighted by Crippen LogP contribution is -2.43. The molecule has 0 aliphatic carbocycles. The van der Waals surface area contributed by atoms with Gasteiger partial charge in [0.1, 0.15) is 0 Å². The van der Waals surface area contributed by atoms with Crippen LogP contribution < -0.4 is 5.32 Å². The van der Waals surface area contributed by atoms with Crippen molar-refractivity contribution in [1.82, 2.24) is 5.32 Å². The highest BCUT2D eigenvalue weighted by Crippen LogP contribution is 2.32. The molecule has 0 amide bonds. The standard InChI is InChI=1S/C13H23NO2/c1-5-13(4,16-7-3)12(14-6-2)11-8-9-15-10-11/h8-10,12,14H,5-7H2,1-4H3. The van der Waals surface area contributed by atoms with Crippen molar-refractivity contribution in [3.8, 4) is 0 Å². The molecule has 0 fully saturated rings. The Bertz CT molecular complexity index is 284. The average molecular weight is 225 g/mol. The number of furan rings is 1. The van der Waals surface area contributed by atoms with E-state index in [1.54, 1.807) is 12.5 Å². The highest BCUT2D eigenvalue weighted by Gasteiger charge is 2.34. The van der Waals surface area contributed by atoms with Gasteiger partial charge in [0.2, 0.25) is 0 Å². The summed E-state index contributed by atoms with van der Waals surface area (Å²) in [6, 6.07) is 2.18. The molecule has 0 spiro atoms. The Hall–Kier alpha value is -0.800. The highest BCUT2D eigenvalue weighted by atomic mass is 16.5. The molecule has 0 bridgehead atoms. The molecular weight excluding hydrogens is 202 g/mol. The van der Waals surface area contributed by atoms with Crippen LogP contribution in [-0.2, 0) is 4.74 Å². The van der Waals surface area contributed by atoms with Crippen LogP contribution in [0.4, 0.5) is 0 Å². The molecular formula is C13H23NO2. The third-order valence-electron chi connectivity index (χ3n) is 3.07. The minimum atomic E-state index is -0.186. The topological polar surface area (TPSA) is 34.4 Å². The maximum absolute atomic E-state index is 5.91. The van der Waals surface area contributed by atoms with E-state index in [2.05, 4.69) is 26.1 Å². The van der Waals surface area contributed by atoms with Crippen LogP contribution >= 0.6 is 0 Å². The van der Waals surface area contributed by atoms with Gasteiger partial charge in [0.05, 0.1) is 24.2 Å². The monoisotopic (exact) mass is 225 g/mol. The number of hydrogen-bond donors (Lipinski definition) is 1. The van der Waals surface area contributed by atoms with E-state index in [1.807, 2.05) is 13.0 Å². The minimum absolute atomic E-state index is 0.182. The van der Waals surface area contributed by atoms with Gasteiger partial charge in [-0.15, -0.1) is 0 Å². The molecule has 3 nitrogen and oxygen atoms in total. The molecule has 1 aromatic rings. The predicted molar refractivity (Wildman–Crippen MR) is 65.4 cm³/mol. The zero-order chi connectivity index (χ0) is 12.0. The molecule has 0 saturated carbocycles. The van der Waals surface area contributed by atoms with Crippen molar-refractivity contribution >= 4 is 0 Å². The number of likely N-dealkylation sites (N-methyl/N-ethyl adjacent to an activating group) is 1. The number of ether oxygens (including phenoxy) is 1. The highest BCUT2D eigenvalue weighted by molar-refractivity contribution is 5.16. The van der Waals surface area contributed by atoms with Gasteiger partial charge in [-0.25, -0.2) is 0 Å². The van der Waals surface area contributed by atoms with Crippen LogP contribution in [0.25, 0.3) is 0 Å². The van der Waals surface area contributed by atoms with E-state index in [4.69, 9.17) is 9.15 Å². The van der Waals surface area contributed by atoms with Gasteiger partial charge in [0, 0.05) is 12.2 Å². The zero-order valence-electron chi connectivity index (χ0n) is 10.7. The summed E-state index contributed by atoms with van der Waals surface area (Å²) in [4.78, 5) is 0. The lowest BCUT2D eigenvalue weighted by Gasteiger charge is -2.36. The molecule has 0 saturated heterocycles. The second-order valence-corrected chi connectivity index (χ2v) is 4.15. The van der Waals surface area contributed by atoms with E-state index < -0.39 is 0 Å². The van der Waals surface area contributed by atoms with E-state index in [1.165, 1.54) is 0 Å². The fourth-order valence-corrected chi connectivity index (χ4v) is 2.05. The quantitative estimate of drug-likeness (QED) is 0.774. The molecule has 0 aromatic carbocycles. The van der Waals surface area contributed by atoms with Crippen LogP contribution in [-0.4, -0.2) is 18.8 Å². The van der Waals surface area contributed by atoms with Gasteiger partial charge in [-0.3, -0.25) is 0 Å². The third kappa shape index (κ3) is 2.86. The van der Waals surface area contributed by atoms with Crippen molar-refractivity contribution in [3.63, 3.8) is 0 Å². The van der Waals surface area contributed by atoms with E-state index in [-0.39, 0.29) is 11.6 Å². The van der Waals surface area contributed by atoms with Gasteiger partial charge in [-0.1, -0.05) is 13.8 Å². The molecule has 0 aliphatic rings. The molecule has 0 aliphatic heterocycles. The van der Waals surface area contributed by atoms with Gasteiger partial charge in [0.15, 0.2) is 0 Å². The van der Waals surface area contributed by atoms with Crippen molar-refractivity contribution < 1.29 is 9.15 Å². The maximum atomic E-state index is 5.91. The van der Waals surface area contributed by atoms with E-state index in [0.717, 1.165) is 25.1 Å². The zero-order valence-corrected chi connectivity index (χ0v) is 10.7. The van der Waals surface area contributed by atoms with Crippen LogP contribution in [0.15, 0.2) is 23.0 Å². The molecule has 1 rings (SSSR count). The average Bonchev–Trinajstić information content (AvgIpc) is 2.79. The number of hydrogen-bond acceptors (Lipinski definition) is 3. The summed E-state index contributed by atoms with van der Waals surface area (Å²) >= 11 is 0. The first-order valence-corrected chi connectivity index (χ1v) is 6.07. The lowest BCUT2D eigenvalue weighted by molar-refractivity contribution is -0.0561. The van der Waals surface area contributed by atoms with E-state index in [0.29, 0.717) is 0 Å². The number of rotatable bonds is 7. The van der Waals surface area contributed by atoms with Crippen molar-refractivity contribution in [2.75, 3.05) is 13.2 Å². The summed E-state index contributed by atoms with van der Waals surface area (Å²) in [6.45, 7) is 10.1. The summed E-state index contributed by atoms with van der Waals surface area (Å²) in [6.07, 6.45) is 4.46. The summed E-state index contributed by atoms with van der Waals surface area (Å²) < 4.78 is 11.1. The van der Waals surface area contributed by atoms with Crippen LogP contribution in [0.1, 0.15) is 45.7 Å². The summed E-state index contributed by atoms with van der Waals surface area (Å²) in [5, 5.41) is 3.48. The molecule has 1 N–H and O–H groups in total.